The lowest BCUT2D eigenvalue weighted by molar-refractivity contribution is -0.137. The van der Waals surface area contributed by atoms with Crippen LogP contribution in [0.4, 0.5) is 35.3 Å². The number of fused-ring (bicyclic) bond motifs is 4. The highest BCUT2D eigenvalue weighted by molar-refractivity contribution is 6.33. The molecule has 1 saturated heterocycles. The standard InChI is InChI=1S/C24H22ClF3N6O4/c25-17-7-18-22(32-21(17)13-2-1-3-14(6-13)24(26,27)28)34(15-4-5-33(18)10-15)23(37)31-19-8-29-9-20(30-19)38-12-16(36)11-35/h1-3,6-9,15-16,35-36H,4-5,10-12H2,(H,30,31,37)/t15?,16-/m0/s1. The molecule has 2 amide bonds. The third-order valence-electron chi connectivity index (χ3n) is 6.20. The van der Waals surface area contributed by atoms with Gasteiger partial charge in [-0.3, -0.25) is 15.2 Å². The Bertz CT molecular complexity index is 1360. The number of carbonyl (C=O) groups is 1. The summed E-state index contributed by atoms with van der Waals surface area (Å²) in [6.45, 7) is 0.479. The Morgan fingerprint density at radius 1 is 1.26 bits per heavy atom. The number of pyridine rings is 1. The van der Waals surface area contributed by atoms with Crippen LogP contribution in [0.25, 0.3) is 11.3 Å². The molecule has 2 aliphatic heterocycles. The molecule has 0 radical (unpaired) electrons. The number of hydrogen-bond donors (Lipinski definition) is 3. The highest BCUT2D eigenvalue weighted by atomic mass is 35.5. The lowest BCUT2D eigenvalue weighted by Gasteiger charge is -2.36. The van der Waals surface area contributed by atoms with E-state index in [9.17, 15) is 23.1 Å². The summed E-state index contributed by atoms with van der Waals surface area (Å²) < 4.78 is 45.2. The van der Waals surface area contributed by atoms with Crippen LogP contribution in [0.2, 0.25) is 5.02 Å². The van der Waals surface area contributed by atoms with Crippen molar-refractivity contribution in [3.8, 4) is 17.1 Å². The van der Waals surface area contributed by atoms with Crippen molar-refractivity contribution >= 4 is 35.0 Å². The van der Waals surface area contributed by atoms with Crippen molar-refractivity contribution in [2.45, 2.75) is 24.7 Å². The molecule has 0 spiro atoms. The number of benzene rings is 1. The first-order valence-electron chi connectivity index (χ1n) is 11.6. The molecule has 2 aromatic heterocycles. The van der Waals surface area contributed by atoms with Crippen LogP contribution >= 0.6 is 11.6 Å². The van der Waals surface area contributed by atoms with Crippen LogP contribution in [0.15, 0.2) is 42.7 Å². The number of ether oxygens (including phenoxy) is 1. The average molecular weight is 551 g/mol. The summed E-state index contributed by atoms with van der Waals surface area (Å²) in [4.78, 5) is 29.6. The van der Waals surface area contributed by atoms with Gasteiger partial charge >= 0.3 is 12.2 Å². The Hall–Kier alpha value is -3.68. The van der Waals surface area contributed by atoms with Crippen molar-refractivity contribution < 1.29 is 32.9 Å². The van der Waals surface area contributed by atoms with E-state index in [1.54, 1.807) is 6.07 Å². The minimum absolute atomic E-state index is 0.0260. The Kier molecular flexibility index (Phi) is 6.99. The number of aliphatic hydroxyl groups is 2. The van der Waals surface area contributed by atoms with Crippen LogP contribution in [0.3, 0.4) is 0 Å². The van der Waals surface area contributed by atoms with Gasteiger partial charge in [0.2, 0.25) is 5.88 Å². The van der Waals surface area contributed by atoms with Crippen LogP contribution in [-0.4, -0.2) is 69.6 Å². The van der Waals surface area contributed by atoms with E-state index in [0.29, 0.717) is 25.2 Å². The van der Waals surface area contributed by atoms with Crippen molar-refractivity contribution in [2.24, 2.45) is 0 Å². The van der Waals surface area contributed by atoms with Crippen molar-refractivity contribution in [1.82, 2.24) is 15.0 Å². The number of alkyl halides is 3. The van der Waals surface area contributed by atoms with Gasteiger partial charge in [0, 0.05) is 18.7 Å². The monoisotopic (exact) mass is 550 g/mol. The van der Waals surface area contributed by atoms with Crippen LogP contribution in [0.5, 0.6) is 5.88 Å². The van der Waals surface area contributed by atoms with Crippen LogP contribution in [-0.2, 0) is 6.18 Å². The van der Waals surface area contributed by atoms with Gasteiger partial charge in [0.1, 0.15) is 12.7 Å². The average Bonchev–Trinajstić information content (AvgIpc) is 3.31. The normalized spacial score (nSPS) is 17.3. The Morgan fingerprint density at radius 2 is 2.08 bits per heavy atom. The van der Waals surface area contributed by atoms with Gasteiger partial charge in [-0.05, 0) is 24.6 Å². The largest absolute Gasteiger partial charge is 0.474 e. The minimum Gasteiger partial charge on any atom is -0.474 e. The molecule has 10 nitrogen and oxygen atoms in total. The molecule has 1 fully saturated rings. The summed E-state index contributed by atoms with van der Waals surface area (Å²) in [6, 6.07) is 5.50. The van der Waals surface area contributed by atoms with E-state index in [0.717, 1.165) is 12.1 Å². The van der Waals surface area contributed by atoms with Crippen molar-refractivity contribution in [1.29, 1.82) is 0 Å². The van der Waals surface area contributed by atoms with Gasteiger partial charge in [0.25, 0.3) is 0 Å². The van der Waals surface area contributed by atoms with E-state index in [1.165, 1.54) is 29.4 Å². The molecule has 38 heavy (non-hydrogen) atoms. The first-order valence-corrected chi connectivity index (χ1v) is 12.0. The van der Waals surface area contributed by atoms with Gasteiger partial charge in [-0.2, -0.15) is 18.2 Å². The molecular formula is C24H22ClF3N6O4. The molecule has 2 bridgehead atoms. The second-order valence-corrected chi connectivity index (χ2v) is 9.23. The molecular weight excluding hydrogens is 529 g/mol. The maximum atomic E-state index is 13.5. The molecule has 2 atom stereocenters. The Morgan fingerprint density at radius 3 is 2.84 bits per heavy atom. The summed E-state index contributed by atoms with van der Waals surface area (Å²) in [7, 11) is 0. The first-order chi connectivity index (χ1) is 18.1. The molecule has 4 heterocycles. The smallest absolute Gasteiger partial charge is 0.416 e. The van der Waals surface area contributed by atoms with Gasteiger partial charge in [0.05, 0.1) is 47.0 Å². The van der Waals surface area contributed by atoms with Gasteiger partial charge in [0.15, 0.2) is 11.6 Å². The first kappa shape index (κ1) is 25.9. The van der Waals surface area contributed by atoms with E-state index in [2.05, 4.69) is 20.3 Å². The summed E-state index contributed by atoms with van der Waals surface area (Å²) in [5.74, 6) is 0.359. The van der Waals surface area contributed by atoms with E-state index in [1.807, 2.05) is 4.90 Å². The zero-order chi connectivity index (χ0) is 27.0. The second-order valence-electron chi connectivity index (χ2n) is 8.82. The number of aromatic nitrogens is 3. The topological polar surface area (TPSA) is 124 Å². The fraction of sp³-hybridized carbons (Fsp3) is 0.333. The van der Waals surface area contributed by atoms with Gasteiger partial charge < -0.3 is 19.8 Å². The Balaban J connectivity index is 1.46. The van der Waals surface area contributed by atoms with Crippen LogP contribution < -0.4 is 19.9 Å². The summed E-state index contributed by atoms with van der Waals surface area (Å²) in [5.41, 5.74) is 0.0445. The molecule has 2 aliphatic rings. The number of amides is 2. The lowest BCUT2D eigenvalue weighted by atomic mass is 10.1. The predicted molar refractivity (Wildman–Crippen MR) is 132 cm³/mol. The number of aliphatic hydroxyl groups excluding tert-OH is 2. The lowest BCUT2D eigenvalue weighted by Crippen LogP contribution is -2.48. The number of halogens is 4. The summed E-state index contributed by atoms with van der Waals surface area (Å²) in [6.07, 6.45) is -2.40. The maximum absolute atomic E-state index is 13.5. The van der Waals surface area contributed by atoms with Crippen molar-refractivity contribution in [2.75, 3.05) is 41.4 Å². The molecule has 200 valence electrons. The van der Waals surface area contributed by atoms with Crippen LogP contribution in [0.1, 0.15) is 12.0 Å². The number of carbonyl (C=O) groups excluding carboxylic acids is 1. The summed E-state index contributed by atoms with van der Waals surface area (Å²) >= 11 is 6.48. The van der Waals surface area contributed by atoms with E-state index in [4.69, 9.17) is 21.4 Å². The second kappa shape index (κ2) is 10.2. The quantitative estimate of drug-likeness (QED) is 0.425. The number of nitrogens with zero attached hydrogens (tertiary/aromatic N) is 5. The van der Waals surface area contributed by atoms with Crippen molar-refractivity contribution in [3.05, 3.63) is 53.3 Å². The molecule has 5 rings (SSSR count). The Labute approximate surface area is 219 Å². The molecule has 3 aromatic rings. The highest BCUT2D eigenvalue weighted by Gasteiger charge is 2.41. The van der Waals surface area contributed by atoms with Crippen LogP contribution in [0, 0.1) is 0 Å². The van der Waals surface area contributed by atoms with Crippen molar-refractivity contribution in [3.63, 3.8) is 0 Å². The zero-order valence-corrected chi connectivity index (χ0v) is 20.4. The number of rotatable bonds is 6. The fourth-order valence-electron chi connectivity index (χ4n) is 4.41. The predicted octanol–water partition coefficient (Wildman–Crippen LogP) is 3.57. The number of urea groups is 1. The highest BCUT2D eigenvalue weighted by Crippen LogP contribution is 2.43. The molecule has 3 N–H and O–H groups in total. The maximum Gasteiger partial charge on any atom is 0.416 e. The molecule has 0 aliphatic carbocycles. The number of anilines is 3. The minimum atomic E-state index is -4.54. The fourth-order valence-corrected chi connectivity index (χ4v) is 4.67. The van der Waals surface area contributed by atoms with E-state index < -0.39 is 30.5 Å². The summed E-state index contributed by atoms with van der Waals surface area (Å²) in [5, 5.41) is 21.2. The third kappa shape index (κ3) is 5.17. The van der Waals surface area contributed by atoms with Gasteiger partial charge in [-0.25, -0.2) is 9.78 Å². The molecule has 1 aromatic carbocycles. The number of hydrogen-bond acceptors (Lipinski definition) is 8. The zero-order valence-electron chi connectivity index (χ0n) is 19.7. The molecule has 0 saturated carbocycles. The van der Waals surface area contributed by atoms with E-state index in [-0.39, 0.29) is 46.4 Å². The van der Waals surface area contributed by atoms with Gasteiger partial charge in [-0.15, -0.1) is 0 Å². The number of nitrogens with one attached hydrogen (secondary N) is 1. The van der Waals surface area contributed by atoms with E-state index >= 15 is 0 Å². The molecule has 1 unspecified atom stereocenters. The van der Waals surface area contributed by atoms with Gasteiger partial charge in [-0.1, -0.05) is 23.7 Å². The molecule has 14 heteroatoms. The SMILES string of the molecule is O=C(Nc1cncc(OC[C@@H](O)CO)n1)N1c2nc(-c3cccc(C(F)(F)F)c3)c(Cl)cc2N2CCC1C2. The third-order valence-corrected chi connectivity index (χ3v) is 6.49.